The van der Waals surface area contributed by atoms with E-state index in [1.165, 1.54) is 22.4 Å². The standard InChI is InChI=1S/C29H37NO2/c1-5-6-25-27(32)16-26-23-13-9-19-15-21(31)12-14-22(19)28(23)24(17-29(25,26)2)18-7-10-20(11-8-18)30(3)4/h5-8,10-11,15,23-27,32H,9,12-14,16-17H2,1-4H3/b6-5-/t23-,24+,25?,26-,27-,29+/m0/s1. The Labute approximate surface area is 192 Å². The van der Waals surface area contributed by atoms with Gasteiger partial charge in [-0.3, -0.25) is 4.79 Å². The van der Waals surface area contributed by atoms with Crippen LogP contribution >= 0.6 is 0 Å². The third-order valence-corrected chi connectivity index (χ3v) is 9.05. The number of aliphatic hydroxyl groups is 1. The summed E-state index contributed by atoms with van der Waals surface area (Å²) in [7, 11) is 4.17. The molecule has 0 bridgehead atoms. The van der Waals surface area contributed by atoms with Gasteiger partial charge in [-0.2, -0.15) is 0 Å². The summed E-state index contributed by atoms with van der Waals surface area (Å²) in [5, 5.41) is 11.1. The molecule has 0 amide bonds. The number of nitrogens with zero attached hydrogens (tertiary/aromatic N) is 1. The molecule has 4 aliphatic carbocycles. The average molecular weight is 432 g/mol. The molecule has 1 N–H and O–H groups in total. The minimum absolute atomic E-state index is 0.0945. The van der Waals surface area contributed by atoms with Crippen LogP contribution in [0.1, 0.15) is 63.9 Å². The first-order chi connectivity index (χ1) is 15.3. The Hall–Kier alpha value is -2.13. The topological polar surface area (TPSA) is 40.5 Å². The van der Waals surface area contributed by atoms with Crippen molar-refractivity contribution in [2.24, 2.45) is 23.2 Å². The molecule has 0 saturated heterocycles. The summed E-state index contributed by atoms with van der Waals surface area (Å²) in [5.74, 6) is 1.90. The Morgan fingerprint density at radius 2 is 1.88 bits per heavy atom. The predicted molar refractivity (Wildman–Crippen MR) is 131 cm³/mol. The Morgan fingerprint density at radius 3 is 2.56 bits per heavy atom. The summed E-state index contributed by atoms with van der Waals surface area (Å²) in [5.41, 5.74) is 7.09. The number of benzene rings is 1. The van der Waals surface area contributed by atoms with Gasteiger partial charge in [0.2, 0.25) is 0 Å². The number of anilines is 1. The van der Waals surface area contributed by atoms with Crippen LogP contribution in [0, 0.1) is 23.2 Å². The normalized spacial score (nSPS) is 36.6. The SMILES string of the molecule is C/C=C\C1[C@@H](O)C[C@H]2[C@@H]3CCC4=CC(=O)CCC4=C3[C@@H](c3ccc(N(C)C)cc3)C[C@]12C. The van der Waals surface area contributed by atoms with E-state index in [0.717, 1.165) is 32.1 Å². The number of ketones is 1. The van der Waals surface area contributed by atoms with Crippen LogP contribution in [0.3, 0.4) is 0 Å². The molecule has 2 fully saturated rings. The third kappa shape index (κ3) is 3.32. The second-order valence-electron chi connectivity index (χ2n) is 10.9. The lowest BCUT2D eigenvalue weighted by Crippen LogP contribution is -2.43. The number of hydrogen-bond donors (Lipinski definition) is 1. The molecule has 1 aromatic carbocycles. The summed E-state index contributed by atoms with van der Waals surface area (Å²) >= 11 is 0. The molecule has 0 aromatic heterocycles. The summed E-state index contributed by atoms with van der Waals surface area (Å²) in [6.07, 6.45) is 11.7. The highest BCUT2D eigenvalue weighted by Gasteiger charge is 2.58. The van der Waals surface area contributed by atoms with Crippen molar-refractivity contribution in [1.82, 2.24) is 0 Å². The van der Waals surface area contributed by atoms with Gasteiger partial charge >= 0.3 is 0 Å². The Bertz CT molecular complexity index is 998. The predicted octanol–water partition coefficient (Wildman–Crippen LogP) is 5.82. The molecule has 4 aliphatic rings. The summed E-state index contributed by atoms with van der Waals surface area (Å²) in [6, 6.07) is 9.11. The van der Waals surface area contributed by atoms with E-state index in [1.807, 2.05) is 6.08 Å². The first kappa shape index (κ1) is 21.7. The van der Waals surface area contributed by atoms with E-state index in [4.69, 9.17) is 0 Å². The van der Waals surface area contributed by atoms with Gasteiger partial charge in [-0.25, -0.2) is 0 Å². The van der Waals surface area contributed by atoms with Gasteiger partial charge in [0.15, 0.2) is 5.78 Å². The molecule has 3 nitrogen and oxygen atoms in total. The lowest BCUT2D eigenvalue weighted by molar-refractivity contribution is -0.114. The maximum Gasteiger partial charge on any atom is 0.156 e. The molecule has 5 rings (SSSR count). The number of carbonyl (C=O) groups excluding carboxylic acids is 1. The number of fused-ring (bicyclic) bond motifs is 4. The zero-order valence-corrected chi connectivity index (χ0v) is 20.0. The zero-order chi connectivity index (χ0) is 22.6. The van der Waals surface area contributed by atoms with E-state index in [9.17, 15) is 9.90 Å². The van der Waals surface area contributed by atoms with Gasteiger partial charge in [-0.05, 0) is 91.2 Å². The van der Waals surface area contributed by atoms with Crippen LogP contribution < -0.4 is 4.90 Å². The molecule has 3 heteroatoms. The Morgan fingerprint density at radius 1 is 1.12 bits per heavy atom. The van der Waals surface area contributed by atoms with Crippen molar-refractivity contribution < 1.29 is 9.90 Å². The first-order valence-corrected chi connectivity index (χ1v) is 12.4. The van der Waals surface area contributed by atoms with Crippen molar-refractivity contribution >= 4 is 11.5 Å². The highest BCUT2D eigenvalue weighted by atomic mass is 16.3. The van der Waals surface area contributed by atoms with E-state index in [1.54, 1.807) is 5.57 Å². The zero-order valence-electron chi connectivity index (χ0n) is 20.0. The summed E-state index contributed by atoms with van der Waals surface area (Å²) in [6.45, 7) is 4.52. The van der Waals surface area contributed by atoms with Gasteiger partial charge in [0.1, 0.15) is 0 Å². The molecule has 0 spiro atoms. The molecule has 32 heavy (non-hydrogen) atoms. The lowest BCUT2D eigenvalue weighted by Gasteiger charge is -2.52. The molecular formula is C29H37NO2. The Balaban J connectivity index is 1.65. The van der Waals surface area contributed by atoms with E-state index < -0.39 is 0 Å². The van der Waals surface area contributed by atoms with Crippen molar-refractivity contribution in [2.45, 2.75) is 64.4 Å². The van der Waals surface area contributed by atoms with Crippen LogP contribution in [0.5, 0.6) is 0 Å². The molecule has 170 valence electrons. The van der Waals surface area contributed by atoms with Crippen LogP contribution in [0.15, 0.2) is 59.2 Å². The van der Waals surface area contributed by atoms with Gasteiger partial charge in [0, 0.05) is 38.0 Å². The van der Waals surface area contributed by atoms with E-state index in [2.05, 4.69) is 69.3 Å². The molecular weight excluding hydrogens is 394 g/mol. The average Bonchev–Trinajstić information content (AvgIpc) is 3.03. The van der Waals surface area contributed by atoms with Gasteiger partial charge in [0.25, 0.3) is 0 Å². The smallest absolute Gasteiger partial charge is 0.156 e. The van der Waals surface area contributed by atoms with Gasteiger partial charge in [-0.1, -0.05) is 36.8 Å². The van der Waals surface area contributed by atoms with Crippen LogP contribution in [-0.2, 0) is 4.79 Å². The number of carbonyl (C=O) groups is 1. The minimum Gasteiger partial charge on any atom is -0.392 e. The van der Waals surface area contributed by atoms with Crippen molar-refractivity contribution in [1.29, 1.82) is 0 Å². The van der Waals surface area contributed by atoms with Crippen LogP contribution in [0.2, 0.25) is 0 Å². The van der Waals surface area contributed by atoms with Crippen LogP contribution in [0.25, 0.3) is 0 Å². The molecule has 2 saturated carbocycles. The molecule has 1 aromatic rings. The maximum absolute atomic E-state index is 12.2. The fraction of sp³-hybridized carbons (Fsp3) is 0.552. The highest BCUT2D eigenvalue weighted by Crippen LogP contribution is 2.65. The fourth-order valence-corrected chi connectivity index (χ4v) is 7.57. The number of allylic oxidation sites excluding steroid dienone is 5. The first-order valence-electron chi connectivity index (χ1n) is 12.4. The monoisotopic (exact) mass is 431 g/mol. The van der Waals surface area contributed by atoms with Crippen molar-refractivity contribution in [3.63, 3.8) is 0 Å². The quantitative estimate of drug-likeness (QED) is 0.614. The minimum atomic E-state index is -0.257. The largest absolute Gasteiger partial charge is 0.392 e. The maximum atomic E-state index is 12.2. The van der Waals surface area contributed by atoms with E-state index >= 15 is 0 Å². The summed E-state index contributed by atoms with van der Waals surface area (Å²) in [4.78, 5) is 14.3. The lowest BCUT2D eigenvalue weighted by atomic mass is 9.52. The fourth-order valence-electron chi connectivity index (χ4n) is 7.57. The van der Waals surface area contributed by atoms with Gasteiger partial charge in [-0.15, -0.1) is 0 Å². The van der Waals surface area contributed by atoms with Gasteiger partial charge < -0.3 is 10.0 Å². The molecule has 0 aliphatic heterocycles. The third-order valence-electron chi connectivity index (χ3n) is 9.05. The van der Waals surface area contributed by atoms with Crippen molar-refractivity contribution in [3.05, 3.63) is 64.8 Å². The number of aliphatic hydroxyl groups excluding tert-OH is 1. The number of rotatable bonds is 3. The number of hydrogen-bond acceptors (Lipinski definition) is 3. The molecule has 0 heterocycles. The molecule has 6 atom stereocenters. The van der Waals surface area contributed by atoms with Crippen LogP contribution in [-0.4, -0.2) is 31.1 Å². The summed E-state index contributed by atoms with van der Waals surface area (Å²) < 4.78 is 0. The van der Waals surface area contributed by atoms with Gasteiger partial charge in [0.05, 0.1) is 6.10 Å². The Kier molecular flexibility index (Phi) is 5.44. The van der Waals surface area contributed by atoms with E-state index in [-0.39, 0.29) is 17.4 Å². The molecule has 1 unspecified atom stereocenters. The van der Waals surface area contributed by atoms with Crippen molar-refractivity contribution in [2.75, 3.05) is 19.0 Å². The second-order valence-corrected chi connectivity index (χ2v) is 10.9. The van der Waals surface area contributed by atoms with Crippen LogP contribution in [0.4, 0.5) is 5.69 Å². The second kappa shape index (κ2) is 8.02. The van der Waals surface area contributed by atoms with E-state index in [0.29, 0.717) is 30.0 Å². The molecule has 0 radical (unpaired) electrons. The highest BCUT2D eigenvalue weighted by molar-refractivity contribution is 5.93. The van der Waals surface area contributed by atoms with Crippen molar-refractivity contribution in [3.8, 4) is 0 Å².